The maximum absolute atomic E-state index is 12.8. The van der Waals surface area contributed by atoms with E-state index in [0.717, 1.165) is 6.07 Å². The molecule has 0 aliphatic rings. The van der Waals surface area contributed by atoms with Gasteiger partial charge in [0.05, 0.1) is 10.9 Å². The van der Waals surface area contributed by atoms with Crippen LogP contribution in [-0.2, 0) is 12.6 Å². The molecule has 0 saturated carbocycles. The van der Waals surface area contributed by atoms with Crippen LogP contribution in [0.3, 0.4) is 0 Å². The molecule has 96 valence electrons. The molecule has 1 aromatic heterocycles. The first-order valence-electron chi connectivity index (χ1n) is 5.27. The number of H-pyrrole nitrogens is 1. The van der Waals surface area contributed by atoms with Crippen molar-refractivity contribution in [3.8, 4) is 0 Å². The van der Waals surface area contributed by atoms with E-state index in [1.165, 1.54) is 18.3 Å². The van der Waals surface area contributed by atoms with Gasteiger partial charge in [0.2, 0.25) is 0 Å². The topological polar surface area (TPSA) is 28.7 Å². The second kappa shape index (κ2) is 5.02. The molecule has 1 atom stereocenters. The molecular formula is C12H10ClF3N2. The molecule has 0 spiro atoms. The lowest BCUT2D eigenvalue weighted by Gasteiger charge is -2.16. The number of nitrogens with zero attached hydrogens (tertiary/aromatic N) is 1. The fraction of sp³-hybridized carbons (Fsp3) is 0.250. The third-order valence-corrected chi connectivity index (χ3v) is 2.92. The predicted octanol–water partition coefficient (Wildman–Crippen LogP) is 3.95. The van der Waals surface area contributed by atoms with Gasteiger partial charge in [-0.3, -0.25) is 0 Å². The number of halogens is 4. The van der Waals surface area contributed by atoms with Gasteiger partial charge in [0.15, 0.2) is 0 Å². The van der Waals surface area contributed by atoms with Gasteiger partial charge in [-0.25, -0.2) is 4.98 Å². The molecule has 2 rings (SSSR count). The van der Waals surface area contributed by atoms with E-state index in [-0.39, 0.29) is 12.0 Å². The minimum atomic E-state index is -4.40. The Hall–Kier alpha value is -1.49. The minimum absolute atomic E-state index is 0.0723. The van der Waals surface area contributed by atoms with Crippen molar-refractivity contribution in [3.63, 3.8) is 0 Å². The number of hydrogen-bond donors (Lipinski definition) is 1. The SMILES string of the molecule is FC(F)(F)c1ccccc1C(Cl)Cc1ncc[nH]1. The van der Waals surface area contributed by atoms with Crippen LogP contribution in [0.1, 0.15) is 22.3 Å². The van der Waals surface area contributed by atoms with Crippen LogP contribution in [0.5, 0.6) is 0 Å². The van der Waals surface area contributed by atoms with E-state index >= 15 is 0 Å². The fourth-order valence-electron chi connectivity index (χ4n) is 1.72. The Morgan fingerprint density at radius 3 is 2.61 bits per heavy atom. The summed E-state index contributed by atoms with van der Waals surface area (Å²) in [5.41, 5.74) is -0.625. The first-order chi connectivity index (χ1) is 8.48. The third kappa shape index (κ3) is 2.85. The van der Waals surface area contributed by atoms with Gasteiger partial charge in [0.25, 0.3) is 0 Å². The number of hydrogen-bond acceptors (Lipinski definition) is 1. The van der Waals surface area contributed by atoms with Gasteiger partial charge < -0.3 is 4.98 Å². The van der Waals surface area contributed by atoms with Crippen molar-refractivity contribution >= 4 is 11.6 Å². The van der Waals surface area contributed by atoms with Crippen molar-refractivity contribution in [1.82, 2.24) is 9.97 Å². The van der Waals surface area contributed by atoms with E-state index < -0.39 is 17.1 Å². The summed E-state index contributed by atoms with van der Waals surface area (Å²) in [5.74, 6) is 0.562. The molecule has 1 unspecified atom stereocenters. The first-order valence-corrected chi connectivity index (χ1v) is 5.70. The van der Waals surface area contributed by atoms with Crippen molar-refractivity contribution in [3.05, 3.63) is 53.6 Å². The molecule has 1 aromatic carbocycles. The number of rotatable bonds is 3. The molecule has 0 amide bonds. The number of aromatic nitrogens is 2. The van der Waals surface area contributed by atoms with Gasteiger partial charge in [-0.2, -0.15) is 13.2 Å². The first kappa shape index (κ1) is 13.0. The van der Waals surface area contributed by atoms with Crippen molar-refractivity contribution < 1.29 is 13.2 Å². The number of alkyl halides is 4. The predicted molar refractivity (Wildman–Crippen MR) is 62.3 cm³/mol. The van der Waals surface area contributed by atoms with Gasteiger partial charge in [-0.15, -0.1) is 11.6 Å². The van der Waals surface area contributed by atoms with E-state index in [2.05, 4.69) is 9.97 Å². The second-order valence-corrected chi connectivity index (χ2v) is 4.32. The molecule has 0 bridgehead atoms. The lowest BCUT2D eigenvalue weighted by atomic mass is 10.0. The highest BCUT2D eigenvalue weighted by Crippen LogP contribution is 2.37. The molecule has 18 heavy (non-hydrogen) atoms. The Morgan fingerprint density at radius 2 is 2.00 bits per heavy atom. The van der Waals surface area contributed by atoms with Gasteiger partial charge in [0.1, 0.15) is 5.82 Å². The van der Waals surface area contributed by atoms with Crippen molar-refractivity contribution in [2.75, 3.05) is 0 Å². The maximum atomic E-state index is 12.8. The van der Waals surface area contributed by atoms with Gasteiger partial charge in [0, 0.05) is 18.8 Å². The third-order valence-electron chi connectivity index (χ3n) is 2.53. The van der Waals surface area contributed by atoms with Crippen LogP contribution in [0.4, 0.5) is 13.2 Å². The van der Waals surface area contributed by atoms with Crippen LogP contribution in [0, 0.1) is 0 Å². The zero-order valence-corrected chi connectivity index (χ0v) is 9.96. The summed E-state index contributed by atoms with van der Waals surface area (Å²) in [7, 11) is 0. The largest absolute Gasteiger partial charge is 0.416 e. The Labute approximate surface area is 107 Å². The lowest BCUT2D eigenvalue weighted by Crippen LogP contribution is -2.11. The average molecular weight is 275 g/mol. The van der Waals surface area contributed by atoms with Crippen LogP contribution < -0.4 is 0 Å². The Kier molecular flexibility index (Phi) is 3.61. The van der Waals surface area contributed by atoms with Crippen molar-refractivity contribution in [2.45, 2.75) is 18.0 Å². The van der Waals surface area contributed by atoms with Gasteiger partial charge in [-0.1, -0.05) is 18.2 Å². The Balaban J connectivity index is 2.27. The summed E-state index contributed by atoms with van der Waals surface area (Å²) in [6, 6.07) is 5.32. The smallest absolute Gasteiger partial charge is 0.349 e. The zero-order valence-electron chi connectivity index (χ0n) is 9.21. The number of nitrogens with one attached hydrogen (secondary N) is 1. The molecular weight excluding hydrogens is 265 g/mol. The summed E-state index contributed by atoms with van der Waals surface area (Å²) in [6.45, 7) is 0. The number of aromatic amines is 1. The molecule has 2 aromatic rings. The van der Waals surface area contributed by atoms with Gasteiger partial charge >= 0.3 is 6.18 Å². The standard InChI is InChI=1S/C12H10ClF3N2/c13-10(7-11-17-5-6-18-11)8-3-1-2-4-9(8)12(14,15)16/h1-6,10H,7H2,(H,17,18). The highest BCUT2D eigenvalue weighted by Gasteiger charge is 2.34. The monoisotopic (exact) mass is 274 g/mol. The zero-order chi connectivity index (χ0) is 13.2. The van der Waals surface area contributed by atoms with E-state index in [9.17, 15) is 13.2 Å². The molecule has 0 saturated heterocycles. The summed E-state index contributed by atoms with van der Waals surface area (Å²) < 4.78 is 38.4. The molecule has 0 radical (unpaired) electrons. The highest BCUT2D eigenvalue weighted by molar-refractivity contribution is 6.21. The van der Waals surface area contributed by atoms with E-state index in [1.54, 1.807) is 12.3 Å². The number of imidazole rings is 1. The molecule has 2 nitrogen and oxygen atoms in total. The molecule has 0 aliphatic heterocycles. The average Bonchev–Trinajstić information content (AvgIpc) is 2.80. The normalized spacial score (nSPS) is 13.6. The van der Waals surface area contributed by atoms with Crippen LogP contribution in [0.25, 0.3) is 0 Å². The molecule has 1 N–H and O–H groups in total. The molecule has 0 aliphatic carbocycles. The highest BCUT2D eigenvalue weighted by atomic mass is 35.5. The maximum Gasteiger partial charge on any atom is 0.416 e. The van der Waals surface area contributed by atoms with Crippen molar-refractivity contribution in [2.24, 2.45) is 0 Å². The van der Waals surface area contributed by atoms with Crippen LogP contribution in [0.2, 0.25) is 0 Å². The summed E-state index contributed by atoms with van der Waals surface area (Å²) >= 11 is 6.05. The molecule has 0 fully saturated rings. The molecule has 1 heterocycles. The van der Waals surface area contributed by atoms with E-state index in [1.807, 2.05) is 0 Å². The summed E-state index contributed by atoms with van der Waals surface area (Å²) in [6.07, 6.45) is -1.03. The Morgan fingerprint density at radius 1 is 1.28 bits per heavy atom. The van der Waals surface area contributed by atoms with Crippen molar-refractivity contribution in [1.29, 1.82) is 0 Å². The number of benzene rings is 1. The van der Waals surface area contributed by atoms with Crippen LogP contribution >= 0.6 is 11.6 Å². The quantitative estimate of drug-likeness (QED) is 0.844. The van der Waals surface area contributed by atoms with Gasteiger partial charge in [-0.05, 0) is 11.6 Å². The second-order valence-electron chi connectivity index (χ2n) is 3.79. The Bertz CT molecular complexity index is 508. The van der Waals surface area contributed by atoms with Crippen LogP contribution in [0.15, 0.2) is 36.7 Å². The van der Waals surface area contributed by atoms with E-state index in [4.69, 9.17) is 11.6 Å². The lowest BCUT2D eigenvalue weighted by molar-refractivity contribution is -0.138. The van der Waals surface area contributed by atoms with Crippen LogP contribution in [-0.4, -0.2) is 9.97 Å². The summed E-state index contributed by atoms with van der Waals surface area (Å²) in [4.78, 5) is 6.77. The molecule has 6 heteroatoms. The fourth-order valence-corrected chi connectivity index (χ4v) is 2.05. The summed E-state index contributed by atoms with van der Waals surface area (Å²) in [5, 5.41) is -0.769. The minimum Gasteiger partial charge on any atom is -0.349 e. The van der Waals surface area contributed by atoms with E-state index in [0.29, 0.717) is 5.82 Å².